The zero-order valence-electron chi connectivity index (χ0n) is 13.6. The van der Waals surface area contributed by atoms with Crippen molar-refractivity contribution in [2.24, 2.45) is 0 Å². The van der Waals surface area contributed by atoms with Gasteiger partial charge in [-0.05, 0) is 24.6 Å². The number of rotatable bonds is 4. The highest BCUT2D eigenvalue weighted by atomic mass is 19.4. The number of halogens is 6. The number of hydrogen-bond acceptors (Lipinski definition) is 1. The van der Waals surface area contributed by atoms with Crippen LogP contribution in [-0.2, 0) is 12.7 Å². The van der Waals surface area contributed by atoms with Crippen molar-refractivity contribution < 1.29 is 26.3 Å². The minimum absolute atomic E-state index is 0.214. The van der Waals surface area contributed by atoms with Crippen LogP contribution in [0.4, 0.5) is 37.7 Å². The first-order valence-electron chi connectivity index (χ1n) is 7.45. The number of benzene rings is 2. The highest BCUT2D eigenvalue weighted by Crippen LogP contribution is 2.39. The second kappa shape index (κ2) is 7.28. The highest BCUT2D eigenvalue weighted by Gasteiger charge is 2.35. The van der Waals surface area contributed by atoms with Gasteiger partial charge in [-0.15, -0.1) is 0 Å². The largest absolute Gasteiger partial charge is 0.407 e. The summed E-state index contributed by atoms with van der Waals surface area (Å²) in [5.74, 6) is 0. The standard InChI is InChI=1S/C18H14F6N2/c1-12-3-5-13(6-4-12)10-26(11-17(19,20)21)14-7-8-16(25-2)15(9-14)18(22,23)24/h3-9H,10-11H2,1H3. The minimum Gasteiger partial charge on any atom is -0.358 e. The lowest BCUT2D eigenvalue weighted by Gasteiger charge is -2.27. The van der Waals surface area contributed by atoms with Crippen LogP contribution in [0.15, 0.2) is 42.5 Å². The van der Waals surface area contributed by atoms with Gasteiger partial charge in [-0.25, -0.2) is 4.85 Å². The molecule has 2 aromatic rings. The Labute approximate surface area is 146 Å². The van der Waals surface area contributed by atoms with Gasteiger partial charge in [0.05, 0.1) is 12.1 Å². The molecule has 0 spiro atoms. The third kappa shape index (κ3) is 5.15. The lowest BCUT2D eigenvalue weighted by Crippen LogP contribution is -2.34. The third-order valence-electron chi connectivity index (χ3n) is 3.64. The third-order valence-corrected chi connectivity index (χ3v) is 3.64. The smallest absolute Gasteiger partial charge is 0.358 e. The van der Waals surface area contributed by atoms with Crippen molar-refractivity contribution in [1.82, 2.24) is 0 Å². The van der Waals surface area contributed by atoms with Gasteiger partial charge in [0.1, 0.15) is 6.54 Å². The van der Waals surface area contributed by atoms with Gasteiger partial charge in [-0.3, -0.25) is 0 Å². The van der Waals surface area contributed by atoms with E-state index >= 15 is 0 Å². The molecule has 0 aliphatic heterocycles. The van der Waals surface area contributed by atoms with Gasteiger partial charge in [-0.2, -0.15) is 26.3 Å². The Balaban J connectivity index is 2.45. The molecule has 0 atom stereocenters. The number of nitrogens with zero attached hydrogens (tertiary/aromatic N) is 2. The molecule has 2 rings (SSSR count). The van der Waals surface area contributed by atoms with E-state index in [0.29, 0.717) is 11.6 Å². The highest BCUT2D eigenvalue weighted by molar-refractivity contribution is 5.62. The SMILES string of the molecule is [C-]#[N+]c1ccc(N(Cc2ccc(C)cc2)CC(F)(F)F)cc1C(F)(F)F. The van der Waals surface area contributed by atoms with Crippen molar-refractivity contribution in [2.75, 3.05) is 11.4 Å². The molecule has 0 N–H and O–H groups in total. The number of alkyl halides is 6. The summed E-state index contributed by atoms with van der Waals surface area (Å²) in [7, 11) is 0. The van der Waals surface area contributed by atoms with E-state index in [9.17, 15) is 26.3 Å². The normalized spacial score (nSPS) is 11.9. The van der Waals surface area contributed by atoms with E-state index in [1.807, 2.05) is 6.92 Å². The second-order valence-corrected chi connectivity index (χ2v) is 5.77. The molecule has 0 unspecified atom stereocenters. The number of anilines is 1. The summed E-state index contributed by atoms with van der Waals surface area (Å²) in [5.41, 5.74) is -0.702. The van der Waals surface area contributed by atoms with E-state index in [4.69, 9.17) is 6.57 Å². The van der Waals surface area contributed by atoms with Crippen molar-refractivity contribution in [3.8, 4) is 0 Å². The molecule has 0 aliphatic carbocycles. The van der Waals surface area contributed by atoms with Gasteiger partial charge in [0.25, 0.3) is 0 Å². The Morgan fingerprint density at radius 2 is 1.58 bits per heavy atom. The molecule has 0 heterocycles. The van der Waals surface area contributed by atoms with E-state index in [2.05, 4.69) is 4.85 Å². The Bertz CT molecular complexity index is 800. The Hall–Kier alpha value is -2.69. The van der Waals surface area contributed by atoms with Crippen LogP contribution in [0, 0.1) is 13.5 Å². The predicted octanol–water partition coefficient (Wildman–Crippen LogP) is 6.13. The molecular formula is C18H14F6N2. The maximum atomic E-state index is 13.1. The molecule has 8 heteroatoms. The Morgan fingerprint density at radius 1 is 0.962 bits per heavy atom. The van der Waals surface area contributed by atoms with Crippen LogP contribution in [0.3, 0.4) is 0 Å². The first kappa shape index (κ1) is 19.6. The molecule has 0 radical (unpaired) electrons. The van der Waals surface area contributed by atoms with E-state index in [0.717, 1.165) is 22.6 Å². The molecule has 2 nitrogen and oxygen atoms in total. The molecule has 0 fully saturated rings. The molecule has 26 heavy (non-hydrogen) atoms. The monoisotopic (exact) mass is 372 g/mol. The Kier molecular flexibility index (Phi) is 5.50. The fraction of sp³-hybridized carbons (Fsp3) is 0.278. The van der Waals surface area contributed by atoms with E-state index in [-0.39, 0.29) is 12.2 Å². The zero-order chi connectivity index (χ0) is 19.5. The van der Waals surface area contributed by atoms with Crippen molar-refractivity contribution in [2.45, 2.75) is 25.8 Å². The van der Waals surface area contributed by atoms with Crippen LogP contribution in [0.25, 0.3) is 4.85 Å². The maximum Gasteiger partial charge on any atom is 0.407 e. The van der Waals surface area contributed by atoms with Gasteiger partial charge in [0, 0.05) is 12.2 Å². The number of hydrogen-bond donors (Lipinski definition) is 0. The van der Waals surface area contributed by atoms with Crippen LogP contribution in [0.1, 0.15) is 16.7 Å². The van der Waals surface area contributed by atoms with E-state index < -0.39 is 30.1 Å². The van der Waals surface area contributed by atoms with Gasteiger partial charge in [0.15, 0.2) is 5.69 Å². The van der Waals surface area contributed by atoms with Crippen LogP contribution in [0.2, 0.25) is 0 Å². The molecule has 138 valence electrons. The van der Waals surface area contributed by atoms with Crippen molar-refractivity contribution in [3.05, 3.63) is 70.6 Å². The first-order chi connectivity index (χ1) is 12.0. The molecular weight excluding hydrogens is 358 g/mol. The average Bonchev–Trinajstić information content (AvgIpc) is 2.53. The van der Waals surface area contributed by atoms with Gasteiger partial charge >= 0.3 is 12.4 Å². The summed E-state index contributed by atoms with van der Waals surface area (Å²) in [6.07, 6.45) is -9.43. The lowest BCUT2D eigenvalue weighted by molar-refractivity contribution is -0.136. The second-order valence-electron chi connectivity index (χ2n) is 5.77. The molecule has 0 amide bonds. The van der Waals surface area contributed by atoms with E-state index in [1.165, 1.54) is 0 Å². The van der Waals surface area contributed by atoms with Crippen LogP contribution >= 0.6 is 0 Å². The van der Waals surface area contributed by atoms with Crippen LogP contribution < -0.4 is 4.90 Å². The van der Waals surface area contributed by atoms with Gasteiger partial charge < -0.3 is 4.90 Å². The summed E-state index contributed by atoms with van der Waals surface area (Å²) in [6.45, 7) is 7.01. The van der Waals surface area contributed by atoms with Crippen molar-refractivity contribution in [3.63, 3.8) is 0 Å². The summed E-state index contributed by atoms with van der Waals surface area (Å²) < 4.78 is 78.1. The molecule has 0 bridgehead atoms. The average molecular weight is 372 g/mol. The van der Waals surface area contributed by atoms with Crippen molar-refractivity contribution in [1.29, 1.82) is 0 Å². The van der Waals surface area contributed by atoms with Crippen LogP contribution in [-0.4, -0.2) is 12.7 Å². The van der Waals surface area contributed by atoms with Crippen LogP contribution in [0.5, 0.6) is 0 Å². The maximum absolute atomic E-state index is 13.1. The predicted molar refractivity (Wildman–Crippen MR) is 86.0 cm³/mol. The lowest BCUT2D eigenvalue weighted by atomic mass is 10.1. The fourth-order valence-corrected chi connectivity index (χ4v) is 2.41. The zero-order valence-corrected chi connectivity index (χ0v) is 13.6. The summed E-state index contributed by atoms with van der Waals surface area (Å²) in [5, 5.41) is 0. The quantitative estimate of drug-likeness (QED) is 0.463. The molecule has 0 aliphatic rings. The molecule has 0 aromatic heterocycles. The first-order valence-corrected chi connectivity index (χ1v) is 7.45. The molecule has 0 saturated heterocycles. The summed E-state index contributed by atoms with van der Waals surface area (Å²) in [4.78, 5) is 3.61. The summed E-state index contributed by atoms with van der Waals surface area (Å²) in [6, 6.07) is 9.25. The fourth-order valence-electron chi connectivity index (χ4n) is 2.41. The minimum atomic E-state index is -4.83. The van der Waals surface area contributed by atoms with E-state index in [1.54, 1.807) is 24.3 Å². The number of aryl methyl sites for hydroxylation is 1. The Morgan fingerprint density at radius 3 is 2.08 bits per heavy atom. The van der Waals surface area contributed by atoms with Gasteiger partial charge in [0.2, 0.25) is 0 Å². The van der Waals surface area contributed by atoms with Gasteiger partial charge in [-0.1, -0.05) is 35.9 Å². The molecule has 2 aromatic carbocycles. The molecule has 0 saturated carbocycles. The summed E-state index contributed by atoms with van der Waals surface area (Å²) >= 11 is 0. The van der Waals surface area contributed by atoms with Crippen molar-refractivity contribution >= 4 is 11.4 Å². The topological polar surface area (TPSA) is 7.60 Å².